The van der Waals surface area contributed by atoms with Gasteiger partial charge >= 0.3 is 0 Å². The number of hydrogen-bond donors (Lipinski definition) is 0. The summed E-state index contributed by atoms with van der Waals surface area (Å²) in [6, 6.07) is 13.3. The number of piperazine rings is 1. The van der Waals surface area contributed by atoms with E-state index in [4.69, 9.17) is 20.8 Å². The molecule has 0 radical (unpaired) electrons. The second kappa shape index (κ2) is 8.32. The van der Waals surface area contributed by atoms with Crippen LogP contribution in [0.15, 0.2) is 52.1 Å². The number of oxazole rings is 1. The molecule has 0 spiro atoms. The molecular weight excluding hydrogens is 398 g/mol. The second-order valence-corrected chi connectivity index (χ2v) is 7.78. The molecule has 2 aromatic carbocycles. The lowest BCUT2D eigenvalue weighted by Gasteiger charge is -2.36. The van der Waals surface area contributed by atoms with Crippen molar-refractivity contribution in [3.05, 3.63) is 47.5 Å². The zero-order valence-corrected chi connectivity index (χ0v) is 17.0. The number of carbonyl (C=O) groups excluding carboxylic acids is 1. The van der Waals surface area contributed by atoms with Crippen LogP contribution in [-0.2, 0) is 4.79 Å². The van der Waals surface area contributed by atoms with Gasteiger partial charge in [-0.1, -0.05) is 35.5 Å². The summed E-state index contributed by atoms with van der Waals surface area (Å²) in [5, 5.41) is 1.09. The molecule has 0 unspecified atom stereocenters. The Morgan fingerprint density at radius 3 is 2.79 bits per heavy atom. The summed E-state index contributed by atoms with van der Waals surface area (Å²) in [6.45, 7) is 2.91. The number of methoxy groups -OCH3 is 1. The van der Waals surface area contributed by atoms with Gasteiger partial charge in [0, 0.05) is 37.3 Å². The van der Waals surface area contributed by atoms with Crippen LogP contribution in [0.5, 0.6) is 5.75 Å². The number of aromatic nitrogens is 1. The molecule has 1 aliphatic heterocycles. The van der Waals surface area contributed by atoms with Crippen LogP contribution < -0.4 is 9.64 Å². The summed E-state index contributed by atoms with van der Waals surface area (Å²) in [5.41, 5.74) is 2.44. The molecule has 1 aliphatic rings. The molecule has 0 aliphatic carbocycles. The lowest BCUT2D eigenvalue weighted by molar-refractivity contribution is -0.128. The largest absolute Gasteiger partial charge is 0.495 e. The van der Waals surface area contributed by atoms with Gasteiger partial charge in [-0.2, -0.15) is 0 Å². The Hall–Kier alpha value is -2.38. The number of amides is 1. The molecule has 4 rings (SSSR count). The van der Waals surface area contributed by atoms with E-state index in [9.17, 15) is 4.79 Å². The molecule has 1 amide bonds. The molecule has 0 bridgehead atoms. The molecule has 1 fully saturated rings. The average molecular weight is 418 g/mol. The van der Waals surface area contributed by atoms with Crippen LogP contribution in [0.3, 0.4) is 0 Å². The molecule has 1 saturated heterocycles. The highest BCUT2D eigenvalue weighted by molar-refractivity contribution is 7.99. The fourth-order valence-electron chi connectivity index (χ4n) is 3.24. The molecule has 1 aromatic heterocycles. The van der Waals surface area contributed by atoms with Crippen LogP contribution in [0.2, 0.25) is 5.02 Å². The summed E-state index contributed by atoms with van der Waals surface area (Å²) < 4.78 is 11.1. The van der Waals surface area contributed by atoms with E-state index in [2.05, 4.69) is 9.88 Å². The molecule has 0 saturated carbocycles. The number of halogens is 1. The highest BCUT2D eigenvalue weighted by atomic mass is 35.5. The normalized spacial score (nSPS) is 14.5. The maximum atomic E-state index is 12.6. The van der Waals surface area contributed by atoms with Gasteiger partial charge in [0.1, 0.15) is 11.3 Å². The van der Waals surface area contributed by atoms with Crippen molar-refractivity contribution in [2.45, 2.75) is 5.22 Å². The van der Waals surface area contributed by atoms with Crippen molar-refractivity contribution in [3.8, 4) is 5.75 Å². The smallest absolute Gasteiger partial charge is 0.257 e. The summed E-state index contributed by atoms with van der Waals surface area (Å²) in [7, 11) is 1.68. The number of para-hydroxylation sites is 2. The van der Waals surface area contributed by atoms with Crippen LogP contribution in [-0.4, -0.2) is 54.8 Å². The summed E-state index contributed by atoms with van der Waals surface area (Å²) >= 11 is 7.28. The second-order valence-electron chi connectivity index (χ2n) is 6.42. The standard InChI is InChI=1S/C20H20ClN3O3S/c1-26-17-5-3-2-4-16(17)23-8-10-24(11-9-23)19(25)13-28-20-22-15-7-6-14(21)12-18(15)27-20/h2-7,12H,8-11,13H2,1H3. The van der Waals surface area contributed by atoms with E-state index >= 15 is 0 Å². The molecule has 0 N–H and O–H groups in total. The van der Waals surface area contributed by atoms with Gasteiger partial charge in [0.05, 0.1) is 18.6 Å². The van der Waals surface area contributed by atoms with Crippen molar-refractivity contribution in [1.29, 1.82) is 0 Å². The van der Waals surface area contributed by atoms with Gasteiger partial charge in [-0.15, -0.1) is 0 Å². The number of nitrogens with zero attached hydrogens (tertiary/aromatic N) is 3. The number of ether oxygens (including phenoxy) is 1. The van der Waals surface area contributed by atoms with E-state index < -0.39 is 0 Å². The number of rotatable bonds is 5. The van der Waals surface area contributed by atoms with Gasteiger partial charge < -0.3 is 19.0 Å². The molecular formula is C20H20ClN3O3S. The topological polar surface area (TPSA) is 58.8 Å². The molecule has 0 atom stereocenters. The van der Waals surface area contributed by atoms with E-state index in [-0.39, 0.29) is 5.91 Å². The number of carbonyl (C=O) groups is 1. The lowest BCUT2D eigenvalue weighted by Crippen LogP contribution is -2.49. The highest BCUT2D eigenvalue weighted by Crippen LogP contribution is 2.29. The Labute approximate surface area is 172 Å². The maximum Gasteiger partial charge on any atom is 0.257 e. The van der Waals surface area contributed by atoms with E-state index in [0.29, 0.717) is 34.7 Å². The highest BCUT2D eigenvalue weighted by Gasteiger charge is 2.23. The van der Waals surface area contributed by atoms with Gasteiger partial charge in [0.25, 0.3) is 5.22 Å². The quantitative estimate of drug-likeness (QED) is 0.586. The minimum absolute atomic E-state index is 0.0879. The van der Waals surface area contributed by atoms with Crippen molar-refractivity contribution in [2.24, 2.45) is 0 Å². The predicted molar refractivity (Wildman–Crippen MR) is 112 cm³/mol. The molecule has 28 heavy (non-hydrogen) atoms. The first-order valence-electron chi connectivity index (χ1n) is 8.98. The first-order valence-corrected chi connectivity index (χ1v) is 10.3. The van der Waals surface area contributed by atoms with Gasteiger partial charge in [0.2, 0.25) is 5.91 Å². The van der Waals surface area contributed by atoms with Crippen molar-refractivity contribution in [3.63, 3.8) is 0 Å². The third-order valence-electron chi connectivity index (χ3n) is 4.71. The van der Waals surface area contributed by atoms with Crippen LogP contribution >= 0.6 is 23.4 Å². The number of anilines is 1. The van der Waals surface area contributed by atoms with E-state index in [1.807, 2.05) is 35.2 Å². The summed E-state index contributed by atoms with van der Waals surface area (Å²) in [6.07, 6.45) is 0. The van der Waals surface area contributed by atoms with E-state index in [0.717, 1.165) is 30.0 Å². The molecule has 6 nitrogen and oxygen atoms in total. The Bertz CT molecular complexity index is 986. The third kappa shape index (κ3) is 4.05. The Morgan fingerprint density at radius 2 is 2.00 bits per heavy atom. The van der Waals surface area contributed by atoms with Crippen molar-refractivity contribution in [2.75, 3.05) is 43.9 Å². The number of hydrogen-bond acceptors (Lipinski definition) is 6. The van der Waals surface area contributed by atoms with Crippen LogP contribution in [0.25, 0.3) is 11.1 Å². The van der Waals surface area contributed by atoms with Gasteiger partial charge in [-0.25, -0.2) is 4.98 Å². The van der Waals surface area contributed by atoms with Gasteiger partial charge in [0.15, 0.2) is 5.58 Å². The number of fused-ring (bicyclic) bond motifs is 1. The third-order valence-corrected chi connectivity index (χ3v) is 5.76. The SMILES string of the molecule is COc1ccccc1N1CCN(C(=O)CSc2nc3ccc(Cl)cc3o2)CC1. The summed E-state index contributed by atoms with van der Waals surface area (Å²) in [5.74, 6) is 1.24. The zero-order chi connectivity index (χ0) is 19.5. The minimum atomic E-state index is 0.0879. The zero-order valence-electron chi connectivity index (χ0n) is 15.4. The molecule has 8 heteroatoms. The average Bonchev–Trinajstić information content (AvgIpc) is 3.14. The van der Waals surface area contributed by atoms with Crippen molar-refractivity contribution < 1.29 is 13.9 Å². The van der Waals surface area contributed by atoms with E-state index in [1.165, 1.54) is 11.8 Å². The number of benzene rings is 2. The predicted octanol–water partition coefficient (Wildman–Crippen LogP) is 3.93. The van der Waals surface area contributed by atoms with E-state index in [1.54, 1.807) is 19.2 Å². The van der Waals surface area contributed by atoms with Crippen molar-refractivity contribution >= 4 is 46.1 Å². The van der Waals surface area contributed by atoms with Crippen LogP contribution in [0, 0.1) is 0 Å². The molecule has 3 aromatic rings. The van der Waals surface area contributed by atoms with Crippen LogP contribution in [0.4, 0.5) is 5.69 Å². The van der Waals surface area contributed by atoms with Gasteiger partial charge in [-0.3, -0.25) is 4.79 Å². The number of thioether (sulfide) groups is 1. The lowest BCUT2D eigenvalue weighted by atomic mass is 10.2. The monoisotopic (exact) mass is 417 g/mol. The fraction of sp³-hybridized carbons (Fsp3) is 0.300. The summed E-state index contributed by atoms with van der Waals surface area (Å²) in [4.78, 5) is 21.1. The Kier molecular flexibility index (Phi) is 5.64. The molecule has 146 valence electrons. The fourth-order valence-corrected chi connectivity index (χ4v) is 4.14. The maximum absolute atomic E-state index is 12.6. The molecule has 2 heterocycles. The van der Waals surface area contributed by atoms with Crippen LogP contribution in [0.1, 0.15) is 0 Å². The van der Waals surface area contributed by atoms with Gasteiger partial charge in [-0.05, 0) is 24.3 Å². The van der Waals surface area contributed by atoms with Crippen molar-refractivity contribution in [1.82, 2.24) is 9.88 Å². The minimum Gasteiger partial charge on any atom is -0.495 e. The first kappa shape index (κ1) is 19.0. The Balaban J connectivity index is 1.32. The first-order chi connectivity index (χ1) is 13.6. The Morgan fingerprint density at radius 1 is 1.21 bits per heavy atom.